The molecule has 0 aliphatic carbocycles. The molecule has 1 heterocycles. The number of rotatable bonds is 4. The Labute approximate surface area is 81.3 Å². The van der Waals surface area contributed by atoms with Gasteiger partial charge in [-0.2, -0.15) is 4.98 Å². The maximum atomic E-state index is 11.2. The number of amides is 1. The summed E-state index contributed by atoms with van der Waals surface area (Å²) in [6.07, 6.45) is 1.76. The highest BCUT2D eigenvalue weighted by molar-refractivity contribution is 5.83. The third-order valence-corrected chi connectivity index (χ3v) is 1.59. The van der Waals surface area contributed by atoms with Crippen molar-refractivity contribution in [1.82, 2.24) is 15.5 Å². The lowest BCUT2D eigenvalue weighted by Gasteiger charge is -2.15. The molecule has 1 amide bonds. The van der Waals surface area contributed by atoms with Gasteiger partial charge in [-0.05, 0) is 13.8 Å². The SMILES string of the molecule is CC(C)(O)C(=O)NCCc1ncno1. The monoisotopic (exact) mass is 199 g/mol. The summed E-state index contributed by atoms with van der Waals surface area (Å²) >= 11 is 0. The van der Waals surface area contributed by atoms with Crippen LogP contribution in [0.1, 0.15) is 19.7 Å². The summed E-state index contributed by atoms with van der Waals surface area (Å²) in [4.78, 5) is 14.9. The fraction of sp³-hybridized carbons (Fsp3) is 0.625. The molecular formula is C8H13N3O3. The minimum absolute atomic E-state index is 0.366. The molecule has 0 aliphatic heterocycles. The van der Waals surface area contributed by atoms with Gasteiger partial charge in [0, 0.05) is 13.0 Å². The summed E-state index contributed by atoms with van der Waals surface area (Å²) in [6.45, 7) is 3.22. The van der Waals surface area contributed by atoms with E-state index in [-0.39, 0.29) is 0 Å². The van der Waals surface area contributed by atoms with Crippen LogP contribution in [0.2, 0.25) is 0 Å². The Morgan fingerprint density at radius 2 is 2.43 bits per heavy atom. The Balaban J connectivity index is 2.26. The van der Waals surface area contributed by atoms with Crippen LogP contribution in [0.25, 0.3) is 0 Å². The molecule has 0 radical (unpaired) electrons. The molecular weight excluding hydrogens is 186 g/mol. The van der Waals surface area contributed by atoms with Crippen LogP contribution in [0.4, 0.5) is 0 Å². The quantitative estimate of drug-likeness (QED) is 0.682. The Morgan fingerprint density at radius 1 is 1.71 bits per heavy atom. The van der Waals surface area contributed by atoms with Crippen molar-refractivity contribution in [3.8, 4) is 0 Å². The van der Waals surface area contributed by atoms with Crippen molar-refractivity contribution in [2.24, 2.45) is 0 Å². The van der Waals surface area contributed by atoms with Crippen LogP contribution in [0, 0.1) is 0 Å². The predicted octanol–water partition coefficient (Wildman–Crippen LogP) is -0.501. The van der Waals surface area contributed by atoms with Crippen LogP contribution < -0.4 is 5.32 Å². The van der Waals surface area contributed by atoms with Crippen molar-refractivity contribution in [3.63, 3.8) is 0 Å². The number of hydrogen-bond acceptors (Lipinski definition) is 5. The van der Waals surface area contributed by atoms with E-state index >= 15 is 0 Å². The molecule has 0 saturated heterocycles. The zero-order chi connectivity index (χ0) is 10.6. The molecule has 6 nitrogen and oxygen atoms in total. The first kappa shape index (κ1) is 10.6. The van der Waals surface area contributed by atoms with Crippen LogP contribution in [0.15, 0.2) is 10.9 Å². The fourth-order valence-electron chi connectivity index (χ4n) is 0.805. The Morgan fingerprint density at radius 3 is 2.93 bits per heavy atom. The Kier molecular flexibility index (Phi) is 3.19. The normalized spacial score (nSPS) is 11.4. The summed E-state index contributed by atoms with van der Waals surface area (Å²) < 4.78 is 4.73. The third kappa shape index (κ3) is 3.14. The van der Waals surface area contributed by atoms with Gasteiger partial charge in [-0.3, -0.25) is 4.79 Å². The molecule has 6 heteroatoms. The average molecular weight is 199 g/mol. The molecule has 78 valence electrons. The largest absolute Gasteiger partial charge is 0.381 e. The molecule has 0 spiro atoms. The second-order valence-corrected chi connectivity index (χ2v) is 3.40. The Bertz CT molecular complexity index is 289. The number of carbonyl (C=O) groups excluding carboxylic acids is 1. The minimum atomic E-state index is -1.35. The number of hydrogen-bond donors (Lipinski definition) is 2. The molecule has 1 rings (SSSR count). The lowest BCUT2D eigenvalue weighted by molar-refractivity contribution is -0.136. The van der Waals surface area contributed by atoms with Gasteiger partial charge < -0.3 is 14.9 Å². The van der Waals surface area contributed by atoms with Gasteiger partial charge in [0.1, 0.15) is 5.60 Å². The number of nitrogens with zero attached hydrogens (tertiary/aromatic N) is 2. The van der Waals surface area contributed by atoms with E-state index in [1.807, 2.05) is 0 Å². The Hall–Kier alpha value is -1.43. The molecule has 0 aliphatic rings. The minimum Gasteiger partial charge on any atom is -0.381 e. The highest BCUT2D eigenvalue weighted by Crippen LogP contribution is 1.99. The molecule has 0 aromatic carbocycles. The molecule has 0 fully saturated rings. The van der Waals surface area contributed by atoms with Crippen LogP contribution in [0.5, 0.6) is 0 Å². The first-order valence-corrected chi connectivity index (χ1v) is 4.26. The van der Waals surface area contributed by atoms with Crippen LogP contribution in [-0.4, -0.2) is 33.3 Å². The first-order chi connectivity index (χ1) is 6.50. The molecule has 14 heavy (non-hydrogen) atoms. The molecule has 2 N–H and O–H groups in total. The lowest BCUT2D eigenvalue weighted by Crippen LogP contribution is -2.42. The second kappa shape index (κ2) is 4.19. The number of nitrogens with one attached hydrogen (secondary N) is 1. The van der Waals surface area contributed by atoms with Gasteiger partial charge in [-0.25, -0.2) is 0 Å². The highest BCUT2D eigenvalue weighted by atomic mass is 16.5. The summed E-state index contributed by atoms with van der Waals surface area (Å²) in [7, 11) is 0. The zero-order valence-corrected chi connectivity index (χ0v) is 8.15. The van der Waals surface area contributed by atoms with Crippen molar-refractivity contribution in [2.75, 3.05) is 6.54 Å². The van der Waals surface area contributed by atoms with E-state index in [0.29, 0.717) is 18.9 Å². The highest BCUT2D eigenvalue weighted by Gasteiger charge is 2.22. The van der Waals surface area contributed by atoms with Crippen molar-refractivity contribution < 1.29 is 14.4 Å². The maximum absolute atomic E-state index is 11.2. The van der Waals surface area contributed by atoms with Crippen LogP contribution in [0.3, 0.4) is 0 Å². The number of carbonyl (C=O) groups is 1. The summed E-state index contributed by atoms with van der Waals surface area (Å²) in [5, 5.41) is 15.2. The summed E-state index contributed by atoms with van der Waals surface area (Å²) in [6, 6.07) is 0. The average Bonchev–Trinajstić information content (AvgIpc) is 2.55. The molecule has 1 aromatic heterocycles. The van der Waals surface area contributed by atoms with E-state index in [4.69, 9.17) is 4.52 Å². The van der Waals surface area contributed by atoms with E-state index in [2.05, 4.69) is 15.5 Å². The van der Waals surface area contributed by atoms with E-state index in [9.17, 15) is 9.90 Å². The summed E-state index contributed by atoms with van der Waals surface area (Å²) in [5.41, 5.74) is -1.35. The fourth-order valence-corrected chi connectivity index (χ4v) is 0.805. The van der Waals surface area contributed by atoms with Crippen molar-refractivity contribution in [1.29, 1.82) is 0 Å². The van der Waals surface area contributed by atoms with E-state index in [1.165, 1.54) is 20.2 Å². The van der Waals surface area contributed by atoms with E-state index in [1.54, 1.807) is 0 Å². The van der Waals surface area contributed by atoms with Gasteiger partial charge in [0.05, 0.1) is 0 Å². The maximum Gasteiger partial charge on any atom is 0.251 e. The second-order valence-electron chi connectivity index (χ2n) is 3.40. The number of aromatic nitrogens is 2. The molecule has 0 saturated carbocycles. The molecule has 1 aromatic rings. The first-order valence-electron chi connectivity index (χ1n) is 4.26. The third-order valence-electron chi connectivity index (χ3n) is 1.59. The van der Waals surface area contributed by atoms with Crippen molar-refractivity contribution in [3.05, 3.63) is 12.2 Å². The van der Waals surface area contributed by atoms with Gasteiger partial charge in [0.25, 0.3) is 5.91 Å². The van der Waals surface area contributed by atoms with Gasteiger partial charge in [0.15, 0.2) is 6.33 Å². The topological polar surface area (TPSA) is 88.2 Å². The van der Waals surface area contributed by atoms with Crippen LogP contribution >= 0.6 is 0 Å². The molecule has 0 atom stereocenters. The van der Waals surface area contributed by atoms with E-state index in [0.717, 1.165) is 0 Å². The smallest absolute Gasteiger partial charge is 0.251 e. The van der Waals surface area contributed by atoms with Gasteiger partial charge in [0.2, 0.25) is 5.89 Å². The standard InChI is InChI=1S/C8H13N3O3/c1-8(2,13)7(12)9-4-3-6-10-5-11-14-6/h5,13H,3-4H2,1-2H3,(H,9,12). The molecule has 0 unspecified atom stereocenters. The van der Waals surface area contributed by atoms with Gasteiger partial charge in [-0.1, -0.05) is 5.16 Å². The lowest BCUT2D eigenvalue weighted by atomic mass is 10.1. The molecule has 0 bridgehead atoms. The van der Waals surface area contributed by atoms with Crippen LogP contribution in [-0.2, 0) is 11.2 Å². The predicted molar refractivity (Wildman–Crippen MR) is 47.3 cm³/mol. The summed E-state index contributed by atoms with van der Waals surface area (Å²) in [5.74, 6) is 0.0399. The number of aliphatic hydroxyl groups is 1. The van der Waals surface area contributed by atoms with Gasteiger partial charge >= 0.3 is 0 Å². The van der Waals surface area contributed by atoms with E-state index < -0.39 is 11.5 Å². The zero-order valence-electron chi connectivity index (χ0n) is 8.15. The van der Waals surface area contributed by atoms with Crippen molar-refractivity contribution in [2.45, 2.75) is 25.9 Å². The van der Waals surface area contributed by atoms with Crippen molar-refractivity contribution >= 4 is 5.91 Å². The van der Waals surface area contributed by atoms with Gasteiger partial charge in [-0.15, -0.1) is 0 Å².